The van der Waals surface area contributed by atoms with E-state index in [2.05, 4.69) is 20.1 Å². The topological polar surface area (TPSA) is 76.8 Å². The van der Waals surface area contributed by atoms with Gasteiger partial charge in [0.2, 0.25) is 0 Å². The Hall–Kier alpha value is -3.30. The molecule has 0 aliphatic carbocycles. The van der Waals surface area contributed by atoms with Gasteiger partial charge in [0.05, 0.1) is 11.8 Å². The summed E-state index contributed by atoms with van der Waals surface area (Å²) < 4.78 is 42.0. The van der Waals surface area contributed by atoms with Gasteiger partial charge < -0.3 is 4.90 Å². The summed E-state index contributed by atoms with van der Waals surface area (Å²) in [5.74, 6) is 0.0207. The first kappa shape index (κ1) is 20.0. The van der Waals surface area contributed by atoms with Crippen molar-refractivity contribution >= 4 is 11.6 Å². The highest BCUT2D eigenvalue weighted by atomic mass is 19.4. The summed E-state index contributed by atoms with van der Waals surface area (Å²) in [4.78, 5) is 26.4. The fraction of sp³-hybridized carbons (Fsp3) is 0.350. The molecule has 30 heavy (non-hydrogen) atoms. The lowest BCUT2D eigenvalue weighted by molar-refractivity contribution is -0.141. The van der Waals surface area contributed by atoms with E-state index in [0.717, 1.165) is 12.5 Å². The molecule has 4 rings (SSSR count). The molecule has 1 atom stereocenters. The smallest absolute Gasteiger partial charge is 0.353 e. The largest absolute Gasteiger partial charge is 0.433 e. The third kappa shape index (κ3) is 4.17. The van der Waals surface area contributed by atoms with Gasteiger partial charge in [-0.1, -0.05) is 0 Å². The number of carbonyl (C=O) groups excluding carboxylic acids is 1. The zero-order chi connectivity index (χ0) is 21.3. The average molecular weight is 416 g/mol. The van der Waals surface area contributed by atoms with Crippen LogP contribution in [0.3, 0.4) is 0 Å². The number of Topliss-reactive ketones (excluding diaryl/α,β-unsaturated/α-hetero) is 1. The number of halogens is 3. The van der Waals surface area contributed by atoms with Crippen molar-refractivity contribution in [3.63, 3.8) is 0 Å². The van der Waals surface area contributed by atoms with Gasteiger partial charge in [0.25, 0.3) is 0 Å². The monoisotopic (exact) mass is 416 g/mol. The molecule has 1 aliphatic heterocycles. The maximum atomic E-state index is 13.5. The van der Waals surface area contributed by atoms with Gasteiger partial charge in [0, 0.05) is 56.3 Å². The van der Waals surface area contributed by atoms with Crippen molar-refractivity contribution in [2.24, 2.45) is 7.05 Å². The minimum Gasteiger partial charge on any atom is -0.353 e. The molecule has 0 aromatic carbocycles. The van der Waals surface area contributed by atoms with E-state index in [1.54, 1.807) is 35.0 Å². The molecule has 0 bridgehead atoms. The van der Waals surface area contributed by atoms with Gasteiger partial charge >= 0.3 is 6.18 Å². The minimum absolute atomic E-state index is 0.0443. The summed E-state index contributed by atoms with van der Waals surface area (Å²) in [6, 6.07) is 3.94. The van der Waals surface area contributed by atoms with Crippen molar-refractivity contribution < 1.29 is 18.0 Å². The molecule has 0 radical (unpaired) electrons. The van der Waals surface area contributed by atoms with Gasteiger partial charge in [-0.3, -0.25) is 14.5 Å². The zero-order valence-corrected chi connectivity index (χ0v) is 16.2. The number of pyridine rings is 1. The van der Waals surface area contributed by atoms with Crippen LogP contribution < -0.4 is 4.90 Å². The number of aromatic nitrogens is 5. The molecule has 4 heterocycles. The quantitative estimate of drug-likeness (QED) is 0.593. The van der Waals surface area contributed by atoms with Crippen LogP contribution in [0.2, 0.25) is 0 Å². The molecule has 10 heteroatoms. The Balaban J connectivity index is 1.66. The molecule has 0 amide bonds. The number of ketones is 1. The molecule has 1 aliphatic rings. The standard InChI is InChI=1S/C20H19F3N6O/c1-28-12-14(11-25-28)16(30)8-15-5-3-7-29(15)18-9-17(20(21,22)23)26-19(27-18)13-4-2-6-24-10-13/h2,4,6,9-12,15H,3,5,7-8H2,1H3. The second kappa shape index (κ2) is 7.85. The Morgan fingerprint density at radius 3 is 2.77 bits per heavy atom. The number of hydrogen-bond donors (Lipinski definition) is 0. The zero-order valence-electron chi connectivity index (χ0n) is 16.2. The van der Waals surface area contributed by atoms with Crippen LogP contribution in [0, 0.1) is 0 Å². The first-order valence-electron chi connectivity index (χ1n) is 9.46. The first-order chi connectivity index (χ1) is 14.3. The van der Waals surface area contributed by atoms with Crippen molar-refractivity contribution in [3.8, 4) is 11.4 Å². The van der Waals surface area contributed by atoms with Crippen molar-refractivity contribution in [3.05, 3.63) is 54.2 Å². The van der Waals surface area contributed by atoms with Gasteiger partial charge in [-0.25, -0.2) is 9.97 Å². The number of aryl methyl sites for hydroxylation is 1. The molecule has 3 aromatic heterocycles. The molecular formula is C20H19F3N6O. The summed E-state index contributed by atoms with van der Waals surface area (Å²) in [6.45, 7) is 0.520. The second-order valence-electron chi connectivity index (χ2n) is 7.19. The van der Waals surface area contributed by atoms with Crippen LogP contribution in [0.25, 0.3) is 11.4 Å². The van der Waals surface area contributed by atoms with Crippen LogP contribution in [-0.2, 0) is 13.2 Å². The minimum atomic E-state index is -4.62. The molecule has 156 valence electrons. The molecule has 7 nitrogen and oxygen atoms in total. The molecule has 1 fully saturated rings. The van der Waals surface area contributed by atoms with Crippen molar-refractivity contribution in [1.29, 1.82) is 0 Å². The number of anilines is 1. The van der Waals surface area contributed by atoms with E-state index in [0.29, 0.717) is 24.1 Å². The van der Waals surface area contributed by atoms with Gasteiger partial charge in [-0.2, -0.15) is 18.3 Å². The van der Waals surface area contributed by atoms with Crippen molar-refractivity contribution in [1.82, 2.24) is 24.7 Å². The predicted molar refractivity (Wildman–Crippen MR) is 103 cm³/mol. The van der Waals surface area contributed by atoms with E-state index in [1.807, 2.05) is 0 Å². The van der Waals surface area contributed by atoms with Crippen LogP contribution >= 0.6 is 0 Å². The Labute approximate surface area is 170 Å². The lowest BCUT2D eigenvalue weighted by atomic mass is 10.0. The molecule has 1 saturated heterocycles. The molecule has 0 N–H and O–H groups in total. The van der Waals surface area contributed by atoms with Crippen LogP contribution in [0.4, 0.5) is 19.0 Å². The third-order valence-electron chi connectivity index (χ3n) is 5.04. The highest BCUT2D eigenvalue weighted by Crippen LogP contribution is 2.34. The van der Waals surface area contributed by atoms with Crippen molar-refractivity contribution in [2.75, 3.05) is 11.4 Å². The van der Waals surface area contributed by atoms with Gasteiger partial charge in [-0.15, -0.1) is 0 Å². The Morgan fingerprint density at radius 2 is 2.10 bits per heavy atom. The molecule has 0 saturated carbocycles. The number of hydrogen-bond acceptors (Lipinski definition) is 6. The van der Waals surface area contributed by atoms with E-state index in [-0.39, 0.29) is 29.9 Å². The highest BCUT2D eigenvalue weighted by Gasteiger charge is 2.36. The van der Waals surface area contributed by atoms with Gasteiger partial charge in [-0.05, 0) is 25.0 Å². The van der Waals surface area contributed by atoms with E-state index in [4.69, 9.17) is 0 Å². The highest BCUT2D eigenvalue weighted by molar-refractivity contribution is 5.96. The fourth-order valence-electron chi connectivity index (χ4n) is 3.60. The lowest BCUT2D eigenvalue weighted by Crippen LogP contribution is -2.32. The molecule has 1 unspecified atom stereocenters. The maximum Gasteiger partial charge on any atom is 0.433 e. The predicted octanol–water partition coefficient (Wildman–Crippen LogP) is 3.53. The molecule has 0 spiro atoms. The lowest BCUT2D eigenvalue weighted by Gasteiger charge is -2.26. The van der Waals surface area contributed by atoms with Crippen LogP contribution in [-0.4, -0.2) is 43.1 Å². The third-order valence-corrected chi connectivity index (χ3v) is 5.04. The summed E-state index contributed by atoms with van der Waals surface area (Å²) in [6.07, 6.45) is 3.10. The fourth-order valence-corrected chi connectivity index (χ4v) is 3.60. The number of nitrogens with zero attached hydrogens (tertiary/aromatic N) is 6. The van der Waals surface area contributed by atoms with E-state index >= 15 is 0 Å². The van der Waals surface area contributed by atoms with E-state index in [9.17, 15) is 18.0 Å². The second-order valence-corrected chi connectivity index (χ2v) is 7.19. The maximum absolute atomic E-state index is 13.5. The Kier molecular flexibility index (Phi) is 5.23. The first-order valence-corrected chi connectivity index (χ1v) is 9.46. The van der Waals surface area contributed by atoms with Crippen LogP contribution in [0.15, 0.2) is 43.0 Å². The number of rotatable bonds is 5. The Bertz CT molecular complexity index is 1050. The van der Waals surface area contributed by atoms with E-state index in [1.165, 1.54) is 18.6 Å². The Morgan fingerprint density at radius 1 is 1.27 bits per heavy atom. The van der Waals surface area contributed by atoms with Gasteiger partial charge in [0.1, 0.15) is 5.82 Å². The summed E-state index contributed by atoms with van der Waals surface area (Å²) in [5, 5.41) is 4.00. The normalized spacial score (nSPS) is 16.8. The average Bonchev–Trinajstić information content (AvgIpc) is 3.36. The number of carbonyl (C=O) groups is 1. The van der Waals surface area contributed by atoms with Crippen LogP contribution in [0.5, 0.6) is 0 Å². The SMILES string of the molecule is Cn1cc(C(=O)CC2CCCN2c2cc(C(F)(F)F)nc(-c3cccnc3)n2)cn1. The summed E-state index contributed by atoms with van der Waals surface area (Å²) in [5.41, 5.74) is -0.137. The molecule has 3 aromatic rings. The van der Waals surface area contributed by atoms with Gasteiger partial charge in [0.15, 0.2) is 17.3 Å². The van der Waals surface area contributed by atoms with E-state index < -0.39 is 11.9 Å². The molecular weight excluding hydrogens is 397 g/mol. The van der Waals surface area contributed by atoms with Crippen molar-refractivity contribution in [2.45, 2.75) is 31.5 Å². The van der Waals surface area contributed by atoms with Crippen LogP contribution in [0.1, 0.15) is 35.3 Å². The summed E-state index contributed by atoms with van der Waals surface area (Å²) >= 11 is 0. The summed E-state index contributed by atoms with van der Waals surface area (Å²) in [7, 11) is 1.72. The number of alkyl halides is 3.